The summed E-state index contributed by atoms with van der Waals surface area (Å²) in [6.45, 7) is 7.08. The van der Waals surface area contributed by atoms with Gasteiger partial charge in [0.2, 0.25) is 0 Å². The lowest BCUT2D eigenvalue weighted by molar-refractivity contribution is 0.142. The third-order valence-electron chi connectivity index (χ3n) is 5.46. The van der Waals surface area contributed by atoms with Crippen LogP contribution in [0.5, 0.6) is 17.2 Å². The number of phenols is 1. The molecule has 2 N–H and O–H groups in total. The molecule has 0 heterocycles. The molecule has 1 aromatic carbocycles. The van der Waals surface area contributed by atoms with E-state index in [0.29, 0.717) is 18.8 Å². The summed E-state index contributed by atoms with van der Waals surface area (Å²) in [6, 6.07) is 1.56. The van der Waals surface area contributed by atoms with E-state index in [-0.39, 0.29) is 11.5 Å². The first-order valence-electron chi connectivity index (χ1n) is 12.0. The molecule has 0 fully saturated rings. The van der Waals surface area contributed by atoms with Crippen molar-refractivity contribution >= 4 is 6.16 Å². The third-order valence-corrected chi connectivity index (χ3v) is 5.46. The molecule has 5 heteroatoms. The summed E-state index contributed by atoms with van der Waals surface area (Å²) < 4.78 is 10.9. The first-order valence-corrected chi connectivity index (χ1v) is 12.0. The summed E-state index contributed by atoms with van der Waals surface area (Å²) in [4.78, 5) is 11.1. The molecule has 1 rings (SSSR count). The fourth-order valence-electron chi connectivity index (χ4n) is 3.70. The number of rotatable bonds is 17. The smallest absolute Gasteiger partial charge is 0.504 e. The van der Waals surface area contributed by atoms with Crippen LogP contribution >= 0.6 is 0 Å². The highest BCUT2D eigenvalue weighted by Crippen LogP contribution is 2.41. The van der Waals surface area contributed by atoms with Crippen LogP contribution in [-0.4, -0.2) is 23.0 Å². The van der Waals surface area contributed by atoms with Gasteiger partial charge >= 0.3 is 6.16 Å². The van der Waals surface area contributed by atoms with Crippen molar-refractivity contribution < 1.29 is 24.5 Å². The van der Waals surface area contributed by atoms with Gasteiger partial charge in [-0.05, 0) is 32.1 Å². The van der Waals surface area contributed by atoms with E-state index in [2.05, 4.69) is 20.8 Å². The quantitative estimate of drug-likeness (QED) is 0.153. The maximum absolute atomic E-state index is 11.1. The molecule has 0 atom stereocenters. The third kappa shape index (κ3) is 9.73. The topological polar surface area (TPSA) is 76.0 Å². The molecule has 0 amide bonds. The maximum Gasteiger partial charge on any atom is 0.511 e. The van der Waals surface area contributed by atoms with E-state index in [1.807, 2.05) is 0 Å². The summed E-state index contributed by atoms with van der Waals surface area (Å²) in [5.41, 5.74) is 1.82. The Labute approximate surface area is 182 Å². The summed E-state index contributed by atoms with van der Waals surface area (Å²) in [7, 11) is 0. The molecule has 0 aliphatic rings. The van der Waals surface area contributed by atoms with Gasteiger partial charge < -0.3 is 19.7 Å². The molecular weight excluding hydrogens is 380 g/mol. The van der Waals surface area contributed by atoms with Crippen LogP contribution in [0.4, 0.5) is 4.79 Å². The van der Waals surface area contributed by atoms with E-state index in [0.717, 1.165) is 56.1 Å². The Hall–Kier alpha value is -1.91. The van der Waals surface area contributed by atoms with E-state index < -0.39 is 6.16 Å². The molecule has 0 unspecified atom stereocenters. The molecule has 0 saturated heterocycles. The molecular formula is C25H42O5. The van der Waals surface area contributed by atoms with Crippen molar-refractivity contribution in [2.75, 3.05) is 6.61 Å². The zero-order valence-electron chi connectivity index (χ0n) is 19.3. The number of ether oxygens (including phenoxy) is 2. The number of unbranched alkanes of at least 4 members (excludes halogenated alkanes) is 9. The van der Waals surface area contributed by atoms with Crippen molar-refractivity contribution in [3.63, 3.8) is 0 Å². The second-order valence-electron chi connectivity index (χ2n) is 8.08. The van der Waals surface area contributed by atoms with Gasteiger partial charge in [0.05, 0.1) is 6.61 Å². The minimum atomic E-state index is -1.42. The molecule has 0 aliphatic heterocycles. The summed E-state index contributed by atoms with van der Waals surface area (Å²) in [5.74, 6) is 0.600. The molecule has 0 spiro atoms. The van der Waals surface area contributed by atoms with Crippen LogP contribution in [0.25, 0.3) is 0 Å². The number of hydrogen-bond donors (Lipinski definition) is 2. The fraction of sp³-hybridized carbons (Fsp3) is 0.720. The predicted octanol–water partition coefficient (Wildman–Crippen LogP) is 7.65. The predicted molar refractivity (Wildman–Crippen MR) is 122 cm³/mol. The first kappa shape index (κ1) is 26.1. The second-order valence-corrected chi connectivity index (χ2v) is 8.08. The lowest BCUT2D eigenvalue weighted by Gasteiger charge is -2.19. The van der Waals surface area contributed by atoms with Crippen molar-refractivity contribution in [1.29, 1.82) is 0 Å². The largest absolute Gasteiger partial charge is 0.511 e. The van der Waals surface area contributed by atoms with Crippen LogP contribution in [0.2, 0.25) is 0 Å². The Kier molecular flexibility index (Phi) is 13.8. The van der Waals surface area contributed by atoms with Crippen LogP contribution in [-0.2, 0) is 12.8 Å². The number of aromatic hydroxyl groups is 1. The Bertz CT molecular complexity index is 612. The lowest BCUT2D eigenvalue weighted by atomic mass is 9.94. The van der Waals surface area contributed by atoms with Gasteiger partial charge in [-0.1, -0.05) is 78.6 Å². The highest BCUT2D eigenvalue weighted by Gasteiger charge is 2.21. The summed E-state index contributed by atoms with van der Waals surface area (Å²) in [5, 5.41) is 19.9. The Morgan fingerprint density at radius 2 is 1.30 bits per heavy atom. The van der Waals surface area contributed by atoms with Gasteiger partial charge in [0.25, 0.3) is 0 Å². The van der Waals surface area contributed by atoms with Crippen LogP contribution in [0, 0.1) is 0 Å². The van der Waals surface area contributed by atoms with Gasteiger partial charge in [0.1, 0.15) is 5.75 Å². The molecule has 0 saturated carbocycles. The lowest BCUT2D eigenvalue weighted by Crippen LogP contribution is -2.08. The molecule has 0 radical (unpaired) electrons. The average Bonchev–Trinajstić information content (AvgIpc) is 2.71. The molecule has 30 heavy (non-hydrogen) atoms. The zero-order valence-corrected chi connectivity index (χ0v) is 19.3. The maximum atomic E-state index is 11.1. The van der Waals surface area contributed by atoms with Crippen molar-refractivity contribution in [2.24, 2.45) is 0 Å². The number of phenolic OH excluding ortho intramolecular Hbond substituents is 1. The highest BCUT2D eigenvalue weighted by atomic mass is 16.7. The number of benzene rings is 1. The monoisotopic (exact) mass is 422 g/mol. The second kappa shape index (κ2) is 15.9. The molecule has 172 valence electrons. The molecule has 0 bridgehead atoms. The van der Waals surface area contributed by atoms with Crippen LogP contribution in [0.15, 0.2) is 6.07 Å². The minimum Gasteiger partial charge on any atom is -0.504 e. The Morgan fingerprint density at radius 3 is 1.83 bits per heavy atom. The fourth-order valence-corrected chi connectivity index (χ4v) is 3.70. The standard InChI is InChI=1S/C25H42O5/c1-4-7-10-12-14-16-20-21(17-15-13-11-8-5-2)24(26)23(30-25(27)28)19-22(20)29-18-9-6-3/h19,26H,4-18H2,1-3H3,(H,27,28). The number of carboxylic acid groups (broad SMARTS) is 1. The van der Waals surface area contributed by atoms with E-state index in [4.69, 9.17) is 14.6 Å². The van der Waals surface area contributed by atoms with E-state index in [1.165, 1.54) is 38.5 Å². The van der Waals surface area contributed by atoms with Crippen LogP contribution in [0.3, 0.4) is 0 Å². The molecule has 5 nitrogen and oxygen atoms in total. The van der Waals surface area contributed by atoms with E-state index >= 15 is 0 Å². The van der Waals surface area contributed by atoms with Gasteiger partial charge in [0.15, 0.2) is 11.5 Å². The molecule has 0 aromatic heterocycles. The van der Waals surface area contributed by atoms with Crippen molar-refractivity contribution in [2.45, 2.75) is 111 Å². The van der Waals surface area contributed by atoms with Gasteiger partial charge in [-0.3, -0.25) is 0 Å². The van der Waals surface area contributed by atoms with Gasteiger partial charge in [-0.2, -0.15) is 0 Å². The summed E-state index contributed by atoms with van der Waals surface area (Å²) >= 11 is 0. The Morgan fingerprint density at radius 1 is 0.767 bits per heavy atom. The van der Waals surface area contributed by atoms with Gasteiger partial charge in [0, 0.05) is 17.2 Å². The zero-order chi connectivity index (χ0) is 22.2. The minimum absolute atomic E-state index is 0.0210. The van der Waals surface area contributed by atoms with E-state index in [9.17, 15) is 9.90 Å². The van der Waals surface area contributed by atoms with E-state index in [1.54, 1.807) is 6.07 Å². The van der Waals surface area contributed by atoms with Gasteiger partial charge in [-0.25, -0.2) is 4.79 Å². The van der Waals surface area contributed by atoms with Gasteiger partial charge in [-0.15, -0.1) is 0 Å². The van der Waals surface area contributed by atoms with Crippen LogP contribution in [0.1, 0.15) is 109 Å². The van der Waals surface area contributed by atoms with Crippen molar-refractivity contribution in [1.82, 2.24) is 0 Å². The average molecular weight is 423 g/mol. The molecule has 0 aliphatic carbocycles. The summed E-state index contributed by atoms with van der Waals surface area (Å²) in [6.07, 6.45) is 13.5. The SMILES string of the molecule is CCCCCCCc1c(OCCCC)cc(OC(=O)O)c(O)c1CCCCCCC. The van der Waals surface area contributed by atoms with Crippen molar-refractivity contribution in [3.8, 4) is 17.2 Å². The Balaban J connectivity index is 3.11. The van der Waals surface area contributed by atoms with Crippen LogP contribution < -0.4 is 9.47 Å². The first-order chi connectivity index (χ1) is 14.5. The number of carbonyl (C=O) groups is 1. The van der Waals surface area contributed by atoms with Crippen molar-refractivity contribution in [3.05, 3.63) is 17.2 Å². The highest BCUT2D eigenvalue weighted by molar-refractivity contribution is 5.66. The normalized spacial score (nSPS) is 10.9. The number of hydrogen-bond acceptors (Lipinski definition) is 4. The molecule has 1 aromatic rings.